The number of rotatable bonds is 7. The summed E-state index contributed by atoms with van der Waals surface area (Å²) >= 11 is 1.31. The van der Waals surface area contributed by atoms with E-state index >= 15 is 0 Å². The summed E-state index contributed by atoms with van der Waals surface area (Å²) in [6, 6.07) is 7.75. The molecule has 0 spiro atoms. The third-order valence-corrected chi connectivity index (χ3v) is 6.17. The minimum Gasteiger partial charge on any atom is -0.325 e. The molecule has 158 valence electrons. The van der Waals surface area contributed by atoms with E-state index < -0.39 is 11.2 Å². The first kappa shape index (κ1) is 21.8. The molecule has 0 radical (unpaired) electrons. The Kier molecular flexibility index (Phi) is 6.77. The summed E-state index contributed by atoms with van der Waals surface area (Å²) in [6.45, 7) is 4.13. The first-order chi connectivity index (χ1) is 14.4. The summed E-state index contributed by atoms with van der Waals surface area (Å²) in [4.78, 5) is 42.7. The summed E-state index contributed by atoms with van der Waals surface area (Å²) in [5.41, 5.74) is 2.37. The number of nitrogens with one attached hydrogen (secondary N) is 1. The molecule has 0 aliphatic rings. The number of hydrogen-bond donors (Lipinski definition) is 1. The molecule has 7 nitrogen and oxygen atoms in total. The van der Waals surface area contributed by atoms with Gasteiger partial charge in [-0.2, -0.15) is 0 Å². The lowest BCUT2D eigenvalue weighted by Crippen LogP contribution is -2.37. The maximum Gasteiger partial charge on any atom is 0.332 e. The summed E-state index contributed by atoms with van der Waals surface area (Å²) in [5.74, 6) is -0.00420. The van der Waals surface area contributed by atoms with Gasteiger partial charge in [-0.3, -0.25) is 18.7 Å². The molecule has 1 N–H and O–H groups in total. The van der Waals surface area contributed by atoms with Crippen LogP contribution in [0.25, 0.3) is 11.0 Å². The summed E-state index contributed by atoms with van der Waals surface area (Å²) in [7, 11) is 3.05. The Morgan fingerprint density at radius 2 is 1.80 bits per heavy atom. The zero-order chi connectivity index (χ0) is 21.8. The molecule has 0 saturated heterocycles. The molecule has 1 amide bonds. The molecule has 1 aromatic carbocycles. The number of benzene rings is 1. The number of fused-ring (bicyclic) bond motifs is 1. The van der Waals surface area contributed by atoms with Crippen LogP contribution in [0.1, 0.15) is 31.4 Å². The molecule has 0 fully saturated rings. The second kappa shape index (κ2) is 9.30. The van der Waals surface area contributed by atoms with Gasteiger partial charge in [0.25, 0.3) is 5.56 Å². The van der Waals surface area contributed by atoms with Crippen molar-refractivity contribution in [3.8, 4) is 0 Å². The smallest absolute Gasteiger partial charge is 0.325 e. The van der Waals surface area contributed by atoms with Gasteiger partial charge in [-0.25, -0.2) is 9.78 Å². The van der Waals surface area contributed by atoms with Crippen molar-refractivity contribution in [1.82, 2.24) is 14.1 Å². The highest BCUT2D eigenvalue weighted by Gasteiger charge is 2.18. The van der Waals surface area contributed by atoms with Gasteiger partial charge in [0.1, 0.15) is 5.65 Å². The van der Waals surface area contributed by atoms with Crippen LogP contribution < -0.4 is 16.6 Å². The number of pyridine rings is 1. The van der Waals surface area contributed by atoms with Crippen molar-refractivity contribution < 1.29 is 4.79 Å². The van der Waals surface area contributed by atoms with Crippen LogP contribution in [0.4, 0.5) is 5.69 Å². The van der Waals surface area contributed by atoms with Crippen molar-refractivity contribution in [2.45, 2.75) is 38.0 Å². The molecule has 0 bridgehead atoms. The molecule has 0 saturated carbocycles. The molecule has 2 aromatic heterocycles. The first-order valence-corrected chi connectivity index (χ1v) is 10.9. The molecule has 8 heteroatoms. The Morgan fingerprint density at radius 3 is 2.43 bits per heavy atom. The van der Waals surface area contributed by atoms with Gasteiger partial charge in [-0.15, -0.1) is 11.8 Å². The molecule has 3 aromatic rings. The van der Waals surface area contributed by atoms with Crippen LogP contribution in [0.5, 0.6) is 0 Å². The van der Waals surface area contributed by atoms with E-state index in [2.05, 4.69) is 17.2 Å². The number of anilines is 1. The second-order valence-corrected chi connectivity index (χ2v) is 8.14. The number of carbonyl (C=O) groups excluding carboxylic acids is 1. The zero-order valence-electron chi connectivity index (χ0n) is 17.7. The third kappa shape index (κ3) is 4.33. The van der Waals surface area contributed by atoms with E-state index in [1.54, 1.807) is 13.2 Å². The van der Waals surface area contributed by atoms with Gasteiger partial charge in [0.15, 0.2) is 0 Å². The molecule has 3 rings (SSSR count). The normalized spacial score (nSPS) is 11.1. The van der Waals surface area contributed by atoms with Crippen molar-refractivity contribution in [3.63, 3.8) is 0 Å². The number of aromatic nitrogens is 3. The SMILES string of the molecule is CCCc1cnc2c(c1SCC(=O)Nc1ccc(CC)cc1)c(=O)n(C)c(=O)n2C. The van der Waals surface area contributed by atoms with Crippen LogP contribution in [0.15, 0.2) is 44.9 Å². The summed E-state index contributed by atoms with van der Waals surface area (Å²) in [6.07, 6.45) is 4.26. The van der Waals surface area contributed by atoms with E-state index in [-0.39, 0.29) is 11.7 Å². The largest absolute Gasteiger partial charge is 0.332 e. The van der Waals surface area contributed by atoms with Gasteiger partial charge in [0.05, 0.1) is 11.1 Å². The molecule has 0 aliphatic carbocycles. The molecule has 0 aliphatic heterocycles. The lowest BCUT2D eigenvalue weighted by Gasteiger charge is -2.14. The van der Waals surface area contributed by atoms with E-state index in [4.69, 9.17) is 0 Å². The zero-order valence-corrected chi connectivity index (χ0v) is 18.5. The molecular formula is C22H26N4O3S. The Bertz CT molecular complexity index is 1200. The lowest BCUT2D eigenvalue weighted by atomic mass is 10.1. The van der Waals surface area contributed by atoms with E-state index in [0.717, 1.165) is 40.0 Å². The van der Waals surface area contributed by atoms with Gasteiger partial charge in [0.2, 0.25) is 5.91 Å². The van der Waals surface area contributed by atoms with E-state index in [1.807, 2.05) is 31.2 Å². The van der Waals surface area contributed by atoms with Crippen molar-refractivity contribution in [2.24, 2.45) is 14.1 Å². The minimum absolute atomic E-state index is 0.150. The van der Waals surface area contributed by atoms with Crippen molar-refractivity contribution >= 4 is 34.4 Å². The average molecular weight is 427 g/mol. The highest BCUT2D eigenvalue weighted by atomic mass is 32.2. The fourth-order valence-electron chi connectivity index (χ4n) is 3.31. The molecular weight excluding hydrogens is 400 g/mol. The topological polar surface area (TPSA) is 86.0 Å². The number of amides is 1. The van der Waals surface area contributed by atoms with Gasteiger partial charge in [0, 0.05) is 30.9 Å². The van der Waals surface area contributed by atoms with Crippen LogP contribution >= 0.6 is 11.8 Å². The van der Waals surface area contributed by atoms with E-state index in [9.17, 15) is 14.4 Å². The van der Waals surface area contributed by atoms with Gasteiger partial charge < -0.3 is 5.32 Å². The van der Waals surface area contributed by atoms with Gasteiger partial charge >= 0.3 is 5.69 Å². The fraction of sp³-hybridized carbons (Fsp3) is 0.364. The monoisotopic (exact) mass is 426 g/mol. The lowest BCUT2D eigenvalue weighted by molar-refractivity contribution is -0.113. The predicted molar refractivity (Wildman–Crippen MR) is 121 cm³/mol. The Hall–Kier alpha value is -2.87. The third-order valence-electron chi connectivity index (χ3n) is 5.01. The maximum atomic E-state index is 12.9. The van der Waals surface area contributed by atoms with Crippen LogP contribution in [0.3, 0.4) is 0 Å². The summed E-state index contributed by atoms with van der Waals surface area (Å²) in [5, 5.41) is 3.28. The van der Waals surface area contributed by atoms with Crippen LogP contribution in [0.2, 0.25) is 0 Å². The predicted octanol–water partition coefficient (Wildman–Crippen LogP) is 2.88. The Morgan fingerprint density at radius 1 is 1.10 bits per heavy atom. The van der Waals surface area contributed by atoms with Crippen molar-refractivity contribution in [2.75, 3.05) is 11.1 Å². The molecule has 30 heavy (non-hydrogen) atoms. The van der Waals surface area contributed by atoms with Crippen LogP contribution in [0, 0.1) is 0 Å². The van der Waals surface area contributed by atoms with Crippen LogP contribution in [-0.2, 0) is 31.7 Å². The van der Waals surface area contributed by atoms with Crippen molar-refractivity contribution in [1.29, 1.82) is 0 Å². The number of carbonyl (C=O) groups is 1. The number of thioether (sulfide) groups is 1. The Balaban J connectivity index is 1.93. The van der Waals surface area contributed by atoms with E-state index in [0.29, 0.717) is 11.0 Å². The second-order valence-electron chi connectivity index (χ2n) is 7.15. The quantitative estimate of drug-likeness (QED) is 0.587. The minimum atomic E-state index is -0.424. The van der Waals surface area contributed by atoms with Crippen molar-refractivity contribution in [3.05, 3.63) is 62.4 Å². The maximum absolute atomic E-state index is 12.9. The van der Waals surface area contributed by atoms with E-state index in [1.165, 1.54) is 28.9 Å². The molecule has 2 heterocycles. The van der Waals surface area contributed by atoms with Gasteiger partial charge in [-0.1, -0.05) is 32.4 Å². The summed E-state index contributed by atoms with van der Waals surface area (Å²) < 4.78 is 2.45. The Labute approximate surface area is 179 Å². The first-order valence-electron chi connectivity index (χ1n) is 9.96. The fourth-order valence-corrected chi connectivity index (χ4v) is 4.32. The van der Waals surface area contributed by atoms with Crippen LogP contribution in [-0.4, -0.2) is 25.8 Å². The number of hydrogen-bond acceptors (Lipinski definition) is 5. The highest BCUT2D eigenvalue weighted by Crippen LogP contribution is 2.29. The number of nitrogens with zero attached hydrogens (tertiary/aromatic N) is 3. The number of aryl methyl sites for hydroxylation is 3. The standard InChI is InChI=1S/C22H26N4O3S/c1-5-7-15-12-23-20-18(21(28)26(4)22(29)25(20)3)19(15)30-13-17(27)24-16-10-8-14(6-2)9-11-16/h8-12H,5-7,13H2,1-4H3,(H,24,27). The highest BCUT2D eigenvalue weighted by molar-refractivity contribution is 8.00. The molecule has 0 atom stereocenters. The van der Waals surface area contributed by atoms with Gasteiger partial charge in [-0.05, 0) is 36.1 Å². The molecule has 0 unspecified atom stereocenters. The average Bonchev–Trinajstić information content (AvgIpc) is 2.75.